The Bertz CT molecular complexity index is 2670. The lowest BCUT2D eigenvalue weighted by molar-refractivity contribution is 0.0263. The molecule has 67 heavy (non-hydrogen) atoms. The number of hydrogen-bond donors (Lipinski definition) is 5. The van der Waals surface area contributed by atoms with Gasteiger partial charge < -0.3 is 30.3 Å². The summed E-state index contributed by atoms with van der Waals surface area (Å²) in [4.78, 5) is 43.8. The van der Waals surface area contributed by atoms with E-state index in [4.69, 9.17) is 44.3 Å². The lowest BCUT2D eigenvalue weighted by atomic mass is 10.1. The number of aliphatic hydroxyl groups excluding tert-OH is 2. The minimum Gasteiger partial charge on any atom is -0.491 e. The second-order valence-electron chi connectivity index (χ2n) is 16.5. The third-order valence-electron chi connectivity index (χ3n) is 11.6. The van der Waals surface area contributed by atoms with E-state index in [1.165, 1.54) is 0 Å². The van der Waals surface area contributed by atoms with Crippen LogP contribution in [0.4, 0.5) is 9.59 Å². The first-order valence-electron chi connectivity index (χ1n) is 21.7. The largest absolute Gasteiger partial charge is 0.491 e. The molecule has 356 valence electrons. The highest BCUT2D eigenvalue weighted by Crippen LogP contribution is 2.42. The van der Waals surface area contributed by atoms with E-state index in [1.807, 2.05) is 67.3 Å². The normalized spacial score (nSPS) is 17.8. The highest BCUT2D eigenvalue weighted by molar-refractivity contribution is 8.14. The van der Waals surface area contributed by atoms with Crippen LogP contribution >= 0.6 is 81.9 Å². The van der Waals surface area contributed by atoms with Gasteiger partial charge in [-0.25, -0.2) is 9.97 Å². The summed E-state index contributed by atoms with van der Waals surface area (Å²) < 4.78 is 14.1. The number of nitrogens with zero attached hydrogens (tertiary/aromatic N) is 6. The van der Waals surface area contributed by atoms with Crippen molar-refractivity contribution in [3.05, 3.63) is 115 Å². The first-order valence-corrected chi connectivity index (χ1v) is 25.7. The number of benzene rings is 4. The number of carbonyl (C=O) groups excluding carboxylic acids is 2. The van der Waals surface area contributed by atoms with Gasteiger partial charge >= 0.3 is 0 Å². The van der Waals surface area contributed by atoms with E-state index in [2.05, 4.69) is 47.9 Å². The number of aliphatic hydroxyl groups is 2. The van der Waals surface area contributed by atoms with Crippen molar-refractivity contribution in [1.82, 2.24) is 40.2 Å². The summed E-state index contributed by atoms with van der Waals surface area (Å²) in [5, 5.41) is 30.3. The minimum atomic E-state index is -1.47. The maximum atomic E-state index is 14.7. The number of β-amino-alcohol motifs (C(OH)–C–C–N with tert-alkyl or cyclic N) is 2. The summed E-state index contributed by atoms with van der Waals surface area (Å²) in [7, 11) is 0. The van der Waals surface area contributed by atoms with Gasteiger partial charge in [-0.3, -0.25) is 29.2 Å². The number of rotatable bonds is 17. The average Bonchev–Trinajstić information content (AvgIpc) is 3.87. The Labute approximate surface area is 421 Å². The number of thiol groups is 1. The lowest BCUT2D eigenvalue weighted by Gasteiger charge is -2.47. The van der Waals surface area contributed by atoms with E-state index in [0.29, 0.717) is 92.6 Å². The van der Waals surface area contributed by atoms with Gasteiger partial charge in [0.1, 0.15) is 43.1 Å². The molecular weight excluding hydrogens is 995 g/mol. The van der Waals surface area contributed by atoms with Gasteiger partial charge in [-0.15, -0.1) is 22.7 Å². The Morgan fingerprint density at radius 3 is 1.81 bits per heavy atom. The Balaban J connectivity index is 0.925. The van der Waals surface area contributed by atoms with Crippen LogP contribution in [0.3, 0.4) is 0 Å². The summed E-state index contributed by atoms with van der Waals surface area (Å²) in [6, 6.07) is 23.9. The molecule has 8 rings (SSSR count). The number of ether oxygens (including phenoxy) is 2. The molecule has 4 aromatic carbocycles. The fourth-order valence-corrected chi connectivity index (χ4v) is 11.8. The van der Waals surface area contributed by atoms with Crippen molar-refractivity contribution in [2.45, 2.75) is 37.2 Å². The summed E-state index contributed by atoms with van der Waals surface area (Å²) in [5.41, 5.74) is 3.09. The molecule has 2 aromatic heterocycles. The van der Waals surface area contributed by atoms with Crippen LogP contribution in [0.1, 0.15) is 27.3 Å². The second kappa shape index (κ2) is 22.5. The Kier molecular flexibility index (Phi) is 16.8. The minimum absolute atomic E-state index is 0.0976. The molecule has 6 aromatic rings. The highest BCUT2D eigenvalue weighted by Gasteiger charge is 2.45. The summed E-state index contributed by atoms with van der Waals surface area (Å²) in [6.07, 6.45) is -2.06. The number of halogens is 3. The van der Waals surface area contributed by atoms with Gasteiger partial charge in [-0.1, -0.05) is 65.6 Å². The van der Waals surface area contributed by atoms with Crippen molar-refractivity contribution >= 4 is 113 Å². The molecule has 2 fully saturated rings. The number of carbonyl (C=O) groups is 2. The summed E-state index contributed by atoms with van der Waals surface area (Å²) in [6.45, 7) is 9.19. The number of piperazine rings is 2. The molecule has 2 amide bonds. The zero-order valence-electron chi connectivity index (χ0n) is 36.7. The van der Waals surface area contributed by atoms with Gasteiger partial charge in [0.15, 0.2) is 4.99 Å². The van der Waals surface area contributed by atoms with Crippen molar-refractivity contribution in [1.29, 1.82) is 0 Å². The fourth-order valence-electron chi connectivity index (χ4n) is 8.40. The number of fused-ring (bicyclic) bond motifs is 2. The molecule has 4 heterocycles. The van der Waals surface area contributed by atoms with Gasteiger partial charge in [0.25, 0.3) is 10.5 Å². The molecule has 14 nitrogen and oxygen atoms in total. The lowest BCUT2D eigenvalue weighted by Crippen LogP contribution is -2.62. The first kappa shape index (κ1) is 49.9. The molecular formula is C46H51Cl3N8O6S4. The van der Waals surface area contributed by atoms with E-state index in [9.17, 15) is 19.8 Å². The smallest absolute Gasteiger partial charge is 0.284 e. The standard InChI is InChI=1S/C46H51Cl3N8O6S4/c1-28-50-39-22-35(8-11-41(39)65-28)62-26-33(58)24-54-13-17-56(18-14-54)43(30-3-6-32(47)7-4-30)52-45(61)67-46(53-44(60)64,31-5-10-37(48)38(49)21-31)57-19-15-55(16-20-57)25-34(59)27-63-36-9-12-42-40(23-36)51-29(2)66-42/h3-12,21-23,33-34,43,58-59H,13-20,24-27H2,1-2H3,(H,52,61)(H2,53,60,64). The molecule has 2 aliphatic rings. The third kappa shape index (κ3) is 12.8. The molecule has 4 unspecified atom stereocenters. The molecule has 0 spiro atoms. The van der Waals surface area contributed by atoms with Crippen LogP contribution in [-0.2, 0) is 4.99 Å². The fraction of sp³-hybridized carbons (Fsp3) is 0.391. The topological polar surface area (TPSA) is 156 Å². The van der Waals surface area contributed by atoms with E-state index in [-0.39, 0.29) is 18.2 Å². The maximum Gasteiger partial charge on any atom is 0.284 e. The third-order valence-corrected chi connectivity index (χ3v) is 15.8. The molecule has 0 aliphatic carbocycles. The quantitative estimate of drug-likeness (QED) is 0.0439. The molecule has 2 aliphatic heterocycles. The molecule has 0 bridgehead atoms. The zero-order chi connectivity index (χ0) is 47.2. The van der Waals surface area contributed by atoms with E-state index < -0.39 is 33.8 Å². The number of hydrogen-bond acceptors (Lipinski definition) is 15. The predicted molar refractivity (Wildman–Crippen MR) is 274 cm³/mol. The summed E-state index contributed by atoms with van der Waals surface area (Å²) >= 11 is 27.7. The van der Waals surface area contributed by atoms with E-state index >= 15 is 0 Å². The number of thioether (sulfide) groups is 1. The number of thiazole rings is 2. The van der Waals surface area contributed by atoms with Gasteiger partial charge in [0, 0.05) is 88.2 Å². The number of nitrogens with one attached hydrogen (secondary N) is 2. The molecule has 21 heteroatoms. The second-order valence-corrected chi connectivity index (χ2v) is 21.8. The van der Waals surface area contributed by atoms with Crippen LogP contribution in [-0.4, -0.2) is 141 Å². The SMILES string of the molecule is Cc1nc2cc(OCC(O)CN3CCN(C(NC(=O)SC(NC(=O)S)(c4ccc(Cl)c(Cl)c4)N4CCN(CC(O)COc5ccc6sc(C)nc6c5)CC4)c4ccc(Cl)cc4)CC3)ccc2s1. The van der Waals surface area contributed by atoms with Crippen molar-refractivity contribution < 1.29 is 29.3 Å². The van der Waals surface area contributed by atoms with Gasteiger partial charge in [0.05, 0.1) is 40.5 Å². The highest BCUT2D eigenvalue weighted by atomic mass is 35.5. The molecule has 0 saturated carbocycles. The van der Waals surface area contributed by atoms with E-state index in [1.54, 1.807) is 53.0 Å². The van der Waals surface area contributed by atoms with Crippen molar-refractivity contribution in [3.63, 3.8) is 0 Å². The monoisotopic (exact) mass is 1040 g/mol. The van der Waals surface area contributed by atoms with Crippen LogP contribution < -0.4 is 20.1 Å². The summed E-state index contributed by atoms with van der Waals surface area (Å²) in [5.74, 6) is 1.30. The van der Waals surface area contributed by atoms with Gasteiger partial charge in [-0.2, -0.15) is 0 Å². The van der Waals surface area contributed by atoms with Crippen molar-refractivity contribution in [3.8, 4) is 11.5 Å². The van der Waals surface area contributed by atoms with Crippen LogP contribution in [0.2, 0.25) is 15.1 Å². The van der Waals surface area contributed by atoms with Crippen LogP contribution in [0.25, 0.3) is 20.4 Å². The Morgan fingerprint density at radius 1 is 0.746 bits per heavy atom. The van der Waals surface area contributed by atoms with Crippen LogP contribution in [0.15, 0.2) is 78.9 Å². The molecule has 0 radical (unpaired) electrons. The average molecular weight is 1050 g/mol. The predicted octanol–water partition coefficient (Wildman–Crippen LogP) is 8.49. The maximum absolute atomic E-state index is 14.7. The van der Waals surface area contributed by atoms with Gasteiger partial charge in [0.2, 0.25) is 0 Å². The number of aryl methyl sites for hydroxylation is 2. The van der Waals surface area contributed by atoms with Gasteiger partial charge in [-0.05, 0) is 79.7 Å². The number of aromatic nitrogens is 2. The van der Waals surface area contributed by atoms with Crippen molar-refractivity contribution in [2.24, 2.45) is 0 Å². The Hall–Kier alpha value is -3.47. The van der Waals surface area contributed by atoms with Crippen LogP contribution in [0.5, 0.6) is 11.5 Å². The zero-order valence-corrected chi connectivity index (χ0v) is 42.4. The van der Waals surface area contributed by atoms with Crippen LogP contribution in [0, 0.1) is 13.8 Å². The number of amides is 2. The molecule has 4 N–H and O–H groups in total. The van der Waals surface area contributed by atoms with Crippen molar-refractivity contribution in [2.75, 3.05) is 78.7 Å². The Morgan fingerprint density at radius 2 is 1.28 bits per heavy atom. The molecule has 2 saturated heterocycles. The molecule has 4 atom stereocenters. The van der Waals surface area contributed by atoms with E-state index in [0.717, 1.165) is 47.8 Å². The first-order chi connectivity index (χ1) is 32.2.